The van der Waals surface area contributed by atoms with Gasteiger partial charge in [-0.1, -0.05) is 30.3 Å². The Bertz CT molecular complexity index is 1120. The van der Waals surface area contributed by atoms with Crippen molar-refractivity contribution in [1.29, 1.82) is 0 Å². The van der Waals surface area contributed by atoms with Gasteiger partial charge in [0.2, 0.25) is 5.95 Å². The van der Waals surface area contributed by atoms with Gasteiger partial charge in [-0.2, -0.15) is 0 Å². The number of anilines is 1. The van der Waals surface area contributed by atoms with E-state index in [-0.39, 0.29) is 11.9 Å². The molecule has 1 atom stereocenters. The van der Waals surface area contributed by atoms with E-state index in [4.69, 9.17) is 14.5 Å². The Labute approximate surface area is 192 Å². The van der Waals surface area contributed by atoms with Crippen LogP contribution in [0.3, 0.4) is 0 Å². The second kappa shape index (κ2) is 9.56. The highest BCUT2D eigenvalue weighted by Crippen LogP contribution is 2.36. The molecule has 0 unspecified atom stereocenters. The highest BCUT2D eigenvalue weighted by Gasteiger charge is 2.32. The first-order valence-corrected chi connectivity index (χ1v) is 11.1. The summed E-state index contributed by atoms with van der Waals surface area (Å²) in [6, 6.07) is 18.5. The first-order chi connectivity index (χ1) is 16.2. The molecule has 0 saturated carbocycles. The van der Waals surface area contributed by atoms with E-state index in [1.807, 2.05) is 24.3 Å². The number of aromatic nitrogens is 2. The highest BCUT2D eigenvalue weighted by molar-refractivity contribution is 5.87. The lowest BCUT2D eigenvalue weighted by atomic mass is 10.1. The molecule has 8 heteroatoms. The van der Waals surface area contributed by atoms with Crippen molar-refractivity contribution in [3.05, 3.63) is 89.5 Å². The fourth-order valence-electron chi connectivity index (χ4n) is 4.05. The van der Waals surface area contributed by atoms with Gasteiger partial charge in [0.05, 0.1) is 19.3 Å². The Hall–Kier alpha value is -3.49. The SMILES string of the molecule is C[C@H](Nc1nccc(C2=C(c3ccc(F)cc3)N(N3CCOCC3)CO2)n1)c1ccccc1. The van der Waals surface area contributed by atoms with Crippen LogP contribution in [0, 0.1) is 5.82 Å². The van der Waals surface area contributed by atoms with Gasteiger partial charge in [0, 0.05) is 24.8 Å². The smallest absolute Gasteiger partial charge is 0.223 e. The number of benzene rings is 2. The van der Waals surface area contributed by atoms with Crippen molar-refractivity contribution >= 4 is 17.4 Å². The summed E-state index contributed by atoms with van der Waals surface area (Å²) < 4.78 is 25.3. The number of hydrogen-bond donors (Lipinski definition) is 1. The predicted molar refractivity (Wildman–Crippen MR) is 124 cm³/mol. The average Bonchev–Trinajstić information content (AvgIpc) is 3.31. The number of morpholine rings is 1. The molecule has 1 saturated heterocycles. The number of hydrazine groups is 1. The number of hydrogen-bond acceptors (Lipinski definition) is 7. The van der Waals surface area contributed by atoms with E-state index < -0.39 is 0 Å². The molecule has 2 aliphatic heterocycles. The summed E-state index contributed by atoms with van der Waals surface area (Å²) in [7, 11) is 0. The van der Waals surface area contributed by atoms with Crippen LogP contribution in [0.4, 0.5) is 10.3 Å². The molecule has 1 fully saturated rings. The Kier molecular flexibility index (Phi) is 6.19. The molecular formula is C25H26FN5O2. The third kappa shape index (κ3) is 4.67. The number of ether oxygens (including phenoxy) is 2. The highest BCUT2D eigenvalue weighted by atomic mass is 19.1. The Balaban J connectivity index is 1.49. The maximum absolute atomic E-state index is 13.6. The van der Waals surface area contributed by atoms with Gasteiger partial charge in [-0.15, -0.1) is 0 Å². The van der Waals surface area contributed by atoms with Crippen LogP contribution in [0.5, 0.6) is 0 Å². The summed E-state index contributed by atoms with van der Waals surface area (Å²) in [5.74, 6) is 0.885. The van der Waals surface area contributed by atoms with E-state index in [0.717, 1.165) is 29.9 Å². The molecule has 0 spiro atoms. The molecule has 170 valence electrons. The van der Waals surface area contributed by atoms with Crippen LogP contribution < -0.4 is 5.32 Å². The van der Waals surface area contributed by atoms with E-state index in [2.05, 4.69) is 39.4 Å². The quantitative estimate of drug-likeness (QED) is 0.609. The molecule has 1 N–H and O–H groups in total. The zero-order valence-electron chi connectivity index (χ0n) is 18.4. The van der Waals surface area contributed by atoms with E-state index in [1.54, 1.807) is 18.3 Å². The number of nitrogens with zero attached hydrogens (tertiary/aromatic N) is 4. The fourth-order valence-corrected chi connectivity index (χ4v) is 4.05. The second-order valence-electron chi connectivity index (χ2n) is 7.97. The van der Waals surface area contributed by atoms with Crippen molar-refractivity contribution in [3.63, 3.8) is 0 Å². The minimum atomic E-state index is -0.277. The zero-order valence-corrected chi connectivity index (χ0v) is 18.4. The lowest BCUT2D eigenvalue weighted by Gasteiger charge is -2.36. The number of rotatable bonds is 6. The van der Waals surface area contributed by atoms with Crippen molar-refractivity contribution in [2.45, 2.75) is 13.0 Å². The van der Waals surface area contributed by atoms with Gasteiger partial charge in [-0.25, -0.2) is 19.4 Å². The molecule has 5 rings (SSSR count). The summed E-state index contributed by atoms with van der Waals surface area (Å²) in [5, 5.41) is 7.66. The topological polar surface area (TPSA) is 62.8 Å². The summed E-state index contributed by atoms with van der Waals surface area (Å²) in [6.07, 6.45) is 1.72. The first-order valence-electron chi connectivity index (χ1n) is 11.1. The first kappa shape index (κ1) is 21.4. The van der Waals surface area contributed by atoms with E-state index >= 15 is 0 Å². The van der Waals surface area contributed by atoms with Gasteiger partial charge < -0.3 is 14.8 Å². The standard InChI is InChI=1S/C25H26FN5O2/c1-18(19-5-3-2-4-6-19)28-25-27-12-11-22(29-25)24-23(20-7-9-21(26)10-8-20)31(17-33-24)30-13-15-32-16-14-30/h2-12,18H,13-17H2,1H3,(H,27,28,29)/t18-/m0/s1. The van der Waals surface area contributed by atoms with Gasteiger partial charge in [-0.3, -0.25) is 5.01 Å². The minimum Gasteiger partial charge on any atom is -0.467 e. The van der Waals surface area contributed by atoms with Crippen LogP contribution in [0.1, 0.15) is 29.8 Å². The van der Waals surface area contributed by atoms with Crippen LogP contribution >= 0.6 is 0 Å². The largest absolute Gasteiger partial charge is 0.467 e. The van der Waals surface area contributed by atoms with Crippen LogP contribution in [-0.4, -0.2) is 53.0 Å². The van der Waals surface area contributed by atoms with Gasteiger partial charge in [-0.05, 0) is 42.8 Å². The van der Waals surface area contributed by atoms with E-state index in [1.165, 1.54) is 12.1 Å². The molecule has 1 aromatic heterocycles. The summed E-state index contributed by atoms with van der Waals surface area (Å²) in [5.41, 5.74) is 3.54. The lowest BCUT2D eigenvalue weighted by molar-refractivity contribution is -0.0761. The maximum Gasteiger partial charge on any atom is 0.223 e. The van der Waals surface area contributed by atoms with E-state index in [0.29, 0.717) is 37.3 Å². The third-order valence-corrected chi connectivity index (χ3v) is 5.78. The minimum absolute atomic E-state index is 0.0429. The Morgan fingerprint density at radius 3 is 2.52 bits per heavy atom. The summed E-state index contributed by atoms with van der Waals surface area (Å²) in [4.78, 5) is 9.15. The molecule has 7 nitrogen and oxygen atoms in total. The molecule has 0 bridgehead atoms. The zero-order chi connectivity index (χ0) is 22.6. The maximum atomic E-state index is 13.6. The normalized spacial score (nSPS) is 17.7. The van der Waals surface area contributed by atoms with Crippen LogP contribution in [0.25, 0.3) is 11.5 Å². The Morgan fingerprint density at radius 2 is 1.76 bits per heavy atom. The summed E-state index contributed by atoms with van der Waals surface area (Å²) in [6.45, 7) is 5.25. The molecule has 3 aromatic rings. The molecule has 0 radical (unpaired) electrons. The van der Waals surface area contributed by atoms with Gasteiger partial charge in [0.15, 0.2) is 12.5 Å². The van der Waals surface area contributed by atoms with Crippen molar-refractivity contribution in [2.24, 2.45) is 0 Å². The molecule has 3 heterocycles. The van der Waals surface area contributed by atoms with Crippen LogP contribution in [0.2, 0.25) is 0 Å². The predicted octanol–water partition coefficient (Wildman–Crippen LogP) is 4.15. The average molecular weight is 448 g/mol. The van der Waals surface area contributed by atoms with E-state index in [9.17, 15) is 4.39 Å². The number of halogens is 1. The molecule has 0 amide bonds. The van der Waals surface area contributed by atoms with Crippen molar-refractivity contribution in [3.8, 4) is 0 Å². The lowest BCUT2D eigenvalue weighted by Crippen LogP contribution is -2.46. The number of nitrogens with one attached hydrogen (secondary N) is 1. The van der Waals surface area contributed by atoms with Crippen LogP contribution in [0.15, 0.2) is 66.9 Å². The Morgan fingerprint density at radius 1 is 1.00 bits per heavy atom. The molecule has 33 heavy (non-hydrogen) atoms. The van der Waals surface area contributed by atoms with Gasteiger partial charge in [0.1, 0.15) is 17.2 Å². The molecule has 0 aliphatic carbocycles. The molecule has 2 aliphatic rings. The third-order valence-electron chi connectivity index (χ3n) is 5.78. The summed E-state index contributed by atoms with van der Waals surface area (Å²) >= 11 is 0. The van der Waals surface area contributed by atoms with Crippen molar-refractivity contribution in [2.75, 3.05) is 38.4 Å². The van der Waals surface area contributed by atoms with Crippen LogP contribution in [-0.2, 0) is 9.47 Å². The van der Waals surface area contributed by atoms with Gasteiger partial charge >= 0.3 is 0 Å². The fraction of sp³-hybridized carbons (Fsp3) is 0.280. The van der Waals surface area contributed by atoms with Crippen molar-refractivity contribution < 1.29 is 13.9 Å². The monoisotopic (exact) mass is 447 g/mol. The molecule has 2 aromatic carbocycles. The second-order valence-corrected chi connectivity index (χ2v) is 7.97. The molecular weight excluding hydrogens is 421 g/mol. The van der Waals surface area contributed by atoms with Crippen molar-refractivity contribution in [1.82, 2.24) is 20.0 Å². The van der Waals surface area contributed by atoms with Gasteiger partial charge in [0.25, 0.3) is 0 Å².